The summed E-state index contributed by atoms with van der Waals surface area (Å²) in [7, 11) is 0. The van der Waals surface area contributed by atoms with Crippen molar-refractivity contribution in [3.8, 4) is 0 Å². The molecule has 388 valence electrons. The highest BCUT2D eigenvalue weighted by molar-refractivity contribution is 5.71. The molecule has 0 bridgehead atoms. The lowest BCUT2D eigenvalue weighted by Crippen LogP contribution is -2.30. The van der Waals surface area contributed by atoms with Crippen LogP contribution < -0.4 is 0 Å². The number of carbonyl (C=O) groups excluding carboxylic acids is 3. The molecule has 0 saturated carbocycles. The maximum Gasteiger partial charge on any atom is 0.306 e. The van der Waals surface area contributed by atoms with Crippen LogP contribution in [0.5, 0.6) is 0 Å². The van der Waals surface area contributed by atoms with Gasteiger partial charge in [-0.15, -0.1) is 0 Å². The van der Waals surface area contributed by atoms with E-state index in [-0.39, 0.29) is 31.1 Å². The van der Waals surface area contributed by atoms with Gasteiger partial charge >= 0.3 is 17.9 Å². The van der Waals surface area contributed by atoms with E-state index in [9.17, 15) is 14.4 Å². The molecule has 0 rings (SSSR count). The minimum atomic E-state index is -0.774. The van der Waals surface area contributed by atoms with Crippen LogP contribution in [0.15, 0.2) is 24.3 Å². The van der Waals surface area contributed by atoms with Crippen LogP contribution >= 0.6 is 0 Å². The molecule has 0 aromatic rings. The first kappa shape index (κ1) is 63.9. The minimum absolute atomic E-state index is 0.0732. The van der Waals surface area contributed by atoms with Crippen LogP contribution in [0.1, 0.15) is 323 Å². The number of rotatable bonds is 54. The highest BCUT2D eigenvalue weighted by atomic mass is 16.6. The summed E-state index contributed by atoms with van der Waals surface area (Å²) in [5.74, 6) is -0.876. The zero-order chi connectivity index (χ0) is 47.9. The summed E-state index contributed by atoms with van der Waals surface area (Å²) in [6.07, 6.45) is 64.8. The third kappa shape index (κ3) is 52.9. The zero-order valence-corrected chi connectivity index (χ0v) is 44.5. The van der Waals surface area contributed by atoms with Crippen LogP contribution in [0.25, 0.3) is 0 Å². The number of allylic oxidation sites excluding steroid dienone is 4. The second-order valence-corrected chi connectivity index (χ2v) is 19.9. The van der Waals surface area contributed by atoms with Gasteiger partial charge in [0.25, 0.3) is 0 Å². The summed E-state index contributed by atoms with van der Waals surface area (Å²) in [6.45, 7) is 6.60. The lowest BCUT2D eigenvalue weighted by atomic mass is 10.0. The first-order chi connectivity index (χ1) is 32.5. The lowest BCUT2D eigenvalue weighted by Gasteiger charge is -2.18. The quantitative estimate of drug-likeness (QED) is 0.0262. The van der Waals surface area contributed by atoms with Gasteiger partial charge in [-0.3, -0.25) is 14.4 Å². The summed E-state index contributed by atoms with van der Waals surface area (Å²) in [5.41, 5.74) is 0. The number of esters is 3. The molecule has 1 unspecified atom stereocenters. The van der Waals surface area contributed by atoms with Crippen molar-refractivity contribution in [2.75, 3.05) is 13.2 Å². The fraction of sp³-hybridized carbons (Fsp3) is 0.883. The van der Waals surface area contributed by atoms with Crippen molar-refractivity contribution in [1.29, 1.82) is 0 Å². The maximum atomic E-state index is 12.8. The average molecular weight is 930 g/mol. The Morgan fingerprint density at radius 3 is 0.818 bits per heavy atom. The Morgan fingerprint density at radius 2 is 0.530 bits per heavy atom. The van der Waals surface area contributed by atoms with Crippen LogP contribution in [0.4, 0.5) is 0 Å². The third-order valence-electron chi connectivity index (χ3n) is 13.2. The Balaban J connectivity index is 4.17. The Labute approximate surface area is 411 Å². The van der Waals surface area contributed by atoms with Gasteiger partial charge < -0.3 is 14.2 Å². The molecule has 0 aliphatic heterocycles. The van der Waals surface area contributed by atoms with E-state index < -0.39 is 6.10 Å². The Hall–Kier alpha value is -2.11. The van der Waals surface area contributed by atoms with E-state index in [0.717, 1.165) is 77.0 Å². The van der Waals surface area contributed by atoms with Gasteiger partial charge in [0.1, 0.15) is 13.2 Å². The summed E-state index contributed by atoms with van der Waals surface area (Å²) in [6, 6.07) is 0. The van der Waals surface area contributed by atoms with Crippen LogP contribution in [0.2, 0.25) is 0 Å². The summed E-state index contributed by atoms with van der Waals surface area (Å²) in [5, 5.41) is 0. The monoisotopic (exact) mass is 929 g/mol. The molecule has 0 amide bonds. The van der Waals surface area contributed by atoms with E-state index >= 15 is 0 Å². The third-order valence-corrected chi connectivity index (χ3v) is 13.2. The second-order valence-electron chi connectivity index (χ2n) is 19.9. The molecular formula is C60H112O6. The Morgan fingerprint density at radius 1 is 0.288 bits per heavy atom. The summed E-state index contributed by atoms with van der Waals surface area (Å²) >= 11 is 0. The highest BCUT2D eigenvalue weighted by Crippen LogP contribution is 2.17. The summed E-state index contributed by atoms with van der Waals surface area (Å²) < 4.78 is 16.8. The van der Waals surface area contributed by atoms with E-state index in [4.69, 9.17) is 14.2 Å². The molecule has 0 spiro atoms. The first-order valence-electron chi connectivity index (χ1n) is 29.3. The fourth-order valence-corrected chi connectivity index (χ4v) is 8.74. The lowest BCUT2D eigenvalue weighted by molar-refractivity contribution is -0.167. The van der Waals surface area contributed by atoms with Gasteiger partial charge in [0.15, 0.2) is 6.10 Å². The van der Waals surface area contributed by atoms with Crippen LogP contribution in [-0.4, -0.2) is 37.2 Å². The largest absolute Gasteiger partial charge is 0.462 e. The molecule has 6 heteroatoms. The van der Waals surface area contributed by atoms with Crippen molar-refractivity contribution >= 4 is 17.9 Å². The molecule has 0 heterocycles. The minimum Gasteiger partial charge on any atom is -0.462 e. The molecule has 66 heavy (non-hydrogen) atoms. The van der Waals surface area contributed by atoms with E-state index in [0.29, 0.717) is 19.3 Å². The van der Waals surface area contributed by atoms with Crippen molar-refractivity contribution in [1.82, 2.24) is 0 Å². The van der Waals surface area contributed by atoms with Gasteiger partial charge in [0.2, 0.25) is 0 Å². The van der Waals surface area contributed by atoms with Gasteiger partial charge in [-0.25, -0.2) is 0 Å². The normalized spacial score (nSPS) is 12.1. The molecule has 1 atom stereocenters. The predicted molar refractivity (Wildman–Crippen MR) is 284 cm³/mol. The molecule has 6 nitrogen and oxygen atoms in total. The molecule has 0 N–H and O–H groups in total. The molecule has 0 aliphatic rings. The van der Waals surface area contributed by atoms with Gasteiger partial charge in [-0.1, -0.05) is 263 Å². The number of carbonyl (C=O) groups is 3. The molecule has 0 radical (unpaired) electrons. The van der Waals surface area contributed by atoms with E-state index in [1.165, 1.54) is 205 Å². The van der Waals surface area contributed by atoms with Crippen molar-refractivity contribution in [3.63, 3.8) is 0 Å². The second kappa shape index (κ2) is 55.5. The van der Waals surface area contributed by atoms with Gasteiger partial charge in [-0.2, -0.15) is 0 Å². The average Bonchev–Trinajstić information content (AvgIpc) is 3.31. The number of unbranched alkanes of at least 4 members (excludes halogenated alkanes) is 39. The zero-order valence-electron chi connectivity index (χ0n) is 44.5. The molecule has 0 aromatic heterocycles. The molecule has 0 saturated heterocycles. The molecule has 0 fully saturated rings. The summed E-state index contributed by atoms with van der Waals surface area (Å²) in [4.78, 5) is 38.0. The van der Waals surface area contributed by atoms with Crippen LogP contribution in [0, 0.1) is 0 Å². The van der Waals surface area contributed by atoms with E-state index in [2.05, 4.69) is 45.1 Å². The van der Waals surface area contributed by atoms with E-state index in [1.54, 1.807) is 0 Å². The smallest absolute Gasteiger partial charge is 0.306 e. The van der Waals surface area contributed by atoms with Crippen LogP contribution in [-0.2, 0) is 28.6 Å². The maximum absolute atomic E-state index is 12.8. The fourth-order valence-electron chi connectivity index (χ4n) is 8.74. The van der Waals surface area contributed by atoms with Crippen molar-refractivity contribution < 1.29 is 28.6 Å². The molecule has 0 aromatic carbocycles. The van der Waals surface area contributed by atoms with Crippen molar-refractivity contribution in [3.05, 3.63) is 24.3 Å². The van der Waals surface area contributed by atoms with Crippen molar-refractivity contribution in [2.24, 2.45) is 0 Å². The standard InChI is InChI=1S/C60H112O6/c1-4-7-10-13-16-19-22-24-26-27-28-29-30-31-32-33-34-35-37-38-41-44-47-50-53-59(62)65-56-57(55-64-58(61)52-49-46-43-40-21-18-15-12-9-6-3)66-60(63)54-51-48-45-42-39-36-25-23-20-17-14-11-8-5-2/h12,15,23,25,57H,4-11,13-14,16-22,24,26-56H2,1-3H3/b15-12-,25-23-. The Kier molecular flexibility index (Phi) is 53.7. The van der Waals surface area contributed by atoms with Gasteiger partial charge in [0.05, 0.1) is 0 Å². The first-order valence-corrected chi connectivity index (χ1v) is 29.3. The van der Waals surface area contributed by atoms with E-state index in [1.807, 2.05) is 0 Å². The van der Waals surface area contributed by atoms with Gasteiger partial charge in [0, 0.05) is 19.3 Å². The topological polar surface area (TPSA) is 78.9 Å². The molecule has 0 aliphatic carbocycles. The van der Waals surface area contributed by atoms with Crippen molar-refractivity contribution in [2.45, 2.75) is 329 Å². The number of hydrogen-bond acceptors (Lipinski definition) is 6. The Bertz CT molecular complexity index is 1070. The number of ether oxygens (including phenoxy) is 3. The SMILES string of the molecule is CCC/C=C\CCCCCCCC(=O)OCC(COC(=O)CCCCCCCCCCCCCCCCCCCCCCCCCC)OC(=O)CCCCCCC/C=C\CCCCCCC. The highest BCUT2D eigenvalue weighted by Gasteiger charge is 2.19. The van der Waals surface area contributed by atoms with Gasteiger partial charge in [-0.05, 0) is 64.2 Å². The molecular weight excluding hydrogens is 817 g/mol. The predicted octanol–water partition coefficient (Wildman–Crippen LogP) is 19.5. The van der Waals surface area contributed by atoms with Crippen LogP contribution in [0.3, 0.4) is 0 Å². The number of hydrogen-bond donors (Lipinski definition) is 0.